The first-order valence-electron chi connectivity index (χ1n) is 6.15. The van der Waals surface area contributed by atoms with Crippen LogP contribution in [0.5, 0.6) is 0 Å². The fraction of sp³-hybridized carbons (Fsp3) is 0.462. The van der Waals surface area contributed by atoms with Crippen LogP contribution in [0.2, 0.25) is 0 Å². The molecular formula is C13H15F3N2O. The second-order valence-corrected chi connectivity index (χ2v) is 4.60. The summed E-state index contributed by atoms with van der Waals surface area (Å²) in [5.41, 5.74) is -0.762. The summed E-state index contributed by atoms with van der Waals surface area (Å²) in [7, 11) is 0. The summed E-state index contributed by atoms with van der Waals surface area (Å²) in [6, 6.07) is 4.46. The Labute approximate surface area is 109 Å². The van der Waals surface area contributed by atoms with Crippen LogP contribution in [0.3, 0.4) is 0 Å². The van der Waals surface area contributed by atoms with E-state index >= 15 is 0 Å². The van der Waals surface area contributed by atoms with Crippen LogP contribution in [0.1, 0.15) is 28.8 Å². The van der Waals surface area contributed by atoms with Gasteiger partial charge >= 0.3 is 6.18 Å². The third-order valence-corrected chi connectivity index (χ3v) is 3.08. The van der Waals surface area contributed by atoms with E-state index in [2.05, 4.69) is 10.6 Å². The van der Waals surface area contributed by atoms with Crippen molar-refractivity contribution in [2.24, 2.45) is 0 Å². The molecule has 1 aliphatic heterocycles. The van der Waals surface area contributed by atoms with E-state index in [0.29, 0.717) is 6.54 Å². The van der Waals surface area contributed by atoms with Crippen LogP contribution in [0, 0.1) is 0 Å². The van der Waals surface area contributed by atoms with Crippen molar-refractivity contribution in [3.05, 3.63) is 35.4 Å². The summed E-state index contributed by atoms with van der Waals surface area (Å²) >= 11 is 0. The van der Waals surface area contributed by atoms with Crippen LogP contribution in [0.25, 0.3) is 0 Å². The number of amides is 1. The topological polar surface area (TPSA) is 41.1 Å². The zero-order valence-electron chi connectivity index (χ0n) is 10.3. The van der Waals surface area contributed by atoms with Gasteiger partial charge < -0.3 is 10.6 Å². The number of halogens is 3. The number of rotatable bonds is 2. The largest absolute Gasteiger partial charge is 0.416 e. The molecular weight excluding hydrogens is 257 g/mol. The van der Waals surface area contributed by atoms with E-state index in [4.69, 9.17) is 0 Å². The maximum Gasteiger partial charge on any atom is 0.416 e. The van der Waals surface area contributed by atoms with Crippen LogP contribution in [0.15, 0.2) is 24.3 Å². The summed E-state index contributed by atoms with van der Waals surface area (Å²) < 4.78 is 37.6. The number of hydrogen-bond acceptors (Lipinski definition) is 2. The Morgan fingerprint density at radius 3 is 2.79 bits per heavy atom. The Hall–Kier alpha value is -1.56. The summed E-state index contributed by atoms with van der Waals surface area (Å²) in [4.78, 5) is 11.9. The molecule has 0 radical (unpaired) electrons. The van der Waals surface area contributed by atoms with Crippen molar-refractivity contribution in [1.82, 2.24) is 10.6 Å². The SMILES string of the molecule is O=C(N[C@@H]1CCCNC1)c1cccc(C(F)(F)F)c1. The lowest BCUT2D eigenvalue weighted by molar-refractivity contribution is -0.137. The quantitative estimate of drug-likeness (QED) is 0.866. The van der Waals surface area contributed by atoms with Gasteiger partial charge in [-0.3, -0.25) is 4.79 Å². The zero-order valence-corrected chi connectivity index (χ0v) is 10.3. The average molecular weight is 272 g/mol. The highest BCUT2D eigenvalue weighted by Gasteiger charge is 2.31. The van der Waals surface area contributed by atoms with E-state index in [1.54, 1.807) is 0 Å². The van der Waals surface area contributed by atoms with Gasteiger partial charge in [0.2, 0.25) is 0 Å². The maximum absolute atomic E-state index is 12.5. The first-order valence-corrected chi connectivity index (χ1v) is 6.15. The molecule has 1 aliphatic rings. The number of benzene rings is 1. The van der Waals surface area contributed by atoms with Gasteiger partial charge in [-0.25, -0.2) is 0 Å². The average Bonchev–Trinajstić information content (AvgIpc) is 2.39. The monoisotopic (exact) mass is 272 g/mol. The molecule has 1 saturated heterocycles. The van der Waals surface area contributed by atoms with E-state index in [-0.39, 0.29) is 11.6 Å². The molecule has 19 heavy (non-hydrogen) atoms. The molecule has 6 heteroatoms. The molecule has 0 spiro atoms. The first kappa shape index (κ1) is 13.9. The van der Waals surface area contributed by atoms with E-state index < -0.39 is 17.6 Å². The Kier molecular flexibility index (Phi) is 4.09. The number of alkyl halides is 3. The van der Waals surface area contributed by atoms with E-state index in [1.165, 1.54) is 12.1 Å². The fourth-order valence-corrected chi connectivity index (χ4v) is 2.08. The van der Waals surface area contributed by atoms with Gasteiger partial charge in [0, 0.05) is 18.2 Å². The van der Waals surface area contributed by atoms with Gasteiger partial charge in [-0.15, -0.1) is 0 Å². The van der Waals surface area contributed by atoms with Gasteiger partial charge in [-0.2, -0.15) is 13.2 Å². The molecule has 1 aromatic rings. The predicted octanol–water partition coefficient (Wildman–Crippen LogP) is 2.19. The summed E-state index contributed by atoms with van der Waals surface area (Å²) in [5.74, 6) is -0.459. The Morgan fingerprint density at radius 2 is 2.16 bits per heavy atom. The summed E-state index contributed by atoms with van der Waals surface area (Å²) in [6.45, 7) is 1.57. The number of piperidine rings is 1. The number of nitrogens with one attached hydrogen (secondary N) is 2. The van der Waals surface area contributed by atoms with Crippen LogP contribution < -0.4 is 10.6 Å². The fourth-order valence-electron chi connectivity index (χ4n) is 2.08. The molecule has 1 fully saturated rings. The lowest BCUT2D eigenvalue weighted by atomic mass is 10.1. The van der Waals surface area contributed by atoms with Gasteiger partial charge in [-0.05, 0) is 37.6 Å². The van der Waals surface area contributed by atoms with Crippen molar-refractivity contribution < 1.29 is 18.0 Å². The molecule has 0 bridgehead atoms. The highest BCUT2D eigenvalue weighted by atomic mass is 19.4. The second kappa shape index (κ2) is 5.61. The molecule has 104 valence electrons. The van der Waals surface area contributed by atoms with Gasteiger partial charge in [0.15, 0.2) is 0 Å². The summed E-state index contributed by atoms with van der Waals surface area (Å²) in [6.07, 6.45) is -2.63. The van der Waals surface area contributed by atoms with Crippen molar-refractivity contribution in [1.29, 1.82) is 0 Å². The molecule has 1 heterocycles. The molecule has 2 N–H and O–H groups in total. The van der Waals surface area contributed by atoms with Crippen molar-refractivity contribution in [3.63, 3.8) is 0 Å². The third kappa shape index (κ3) is 3.70. The van der Waals surface area contributed by atoms with Gasteiger partial charge in [0.05, 0.1) is 5.56 Å². The van der Waals surface area contributed by atoms with Crippen molar-refractivity contribution in [3.8, 4) is 0 Å². The Morgan fingerprint density at radius 1 is 1.37 bits per heavy atom. The second-order valence-electron chi connectivity index (χ2n) is 4.60. The van der Waals surface area contributed by atoms with Crippen LogP contribution in [-0.4, -0.2) is 25.0 Å². The molecule has 3 nitrogen and oxygen atoms in total. The van der Waals surface area contributed by atoms with E-state index in [1.807, 2.05) is 0 Å². The minimum absolute atomic E-state index is 0.0178. The van der Waals surface area contributed by atoms with Gasteiger partial charge in [-0.1, -0.05) is 6.07 Å². The van der Waals surface area contributed by atoms with Crippen molar-refractivity contribution >= 4 is 5.91 Å². The molecule has 2 rings (SSSR count). The highest BCUT2D eigenvalue weighted by Crippen LogP contribution is 2.29. The standard InChI is InChI=1S/C13H15F3N2O/c14-13(15,16)10-4-1-3-9(7-10)12(19)18-11-5-2-6-17-8-11/h1,3-4,7,11,17H,2,5-6,8H2,(H,18,19)/t11-/m1/s1. The normalized spacial score (nSPS) is 20.1. The minimum atomic E-state index is -4.43. The van der Waals surface area contributed by atoms with Crippen LogP contribution >= 0.6 is 0 Å². The van der Waals surface area contributed by atoms with Crippen molar-refractivity contribution in [2.75, 3.05) is 13.1 Å². The van der Waals surface area contributed by atoms with Crippen LogP contribution in [-0.2, 0) is 6.18 Å². The molecule has 0 saturated carbocycles. The molecule has 1 amide bonds. The zero-order chi connectivity index (χ0) is 13.9. The molecule has 0 aromatic heterocycles. The predicted molar refractivity (Wildman–Crippen MR) is 64.8 cm³/mol. The first-order chi connectivity index (χ1) is 8.97. The lowest BCUT2D eigenvalue weighted by Gasteiger charge is -2.23. The highest BCUT2D eigenvalue weighted by molar-refractivity contribution is 5.94. The van der Waals surface area contributed by atoms with Crippen LogP contribution in [0.4, 0.5) is 13.2 Å². The van der Waals surface area contributed by atoms with E-state index in [9.17, 15) is 18.0 Å². The lowest BCUT2D eigenvalue weighted by Crippen LogP contribution is -2.45. The molecule has 1 aromatic carbocycles. The molecule has 0 aliphatic carbocycles. The number of carbonyl (C=O) groups is 1. The van der Waals surface area contributed by atoms with Gasteiger partial charge in [0.25, 0.3) is 5.91 Å². The molecule has 1 atom stereocenters. The molecule has 0 unspecified atom stereocenters. The maximum atomic E-state index is 12.5. The van der Waals surface area contributed by atoms with Crippen molar-refractivity contribution in [2.45, 2.75) is 25.1 Å². The smallest absolute Gasteiger partial charge is 0.348 e. The Balaban J connectivity index is 2.06. The Bertz CT molecular complexity index is 453. The summed E-state index contributed by atoms with van der Waals surface area (Å²) in [5, 5.41) is 5.88. The number of carbonyl (C=O) groups excluding carboxylic acids is 1. The van der Waals surface area contributed by atoms with Gasteiger partial charge in [0.1, 0.15) is 0 Å². The third-order valence-electron chi connectivity index (χ3n) is 3.08. The number of hydrogen-bond donors (Lipinski definition) is 2. The van der Waals surface area contributed by atoms with E-state index in [0.717, 1.165) is 31.5 Å². The minimum Gasteiger partial charge on any atom is -0.348 e.